The van der Waals surface area contributed by atoms with Gasteiger partial charge in [-0.1, -0.05) is 38.1 Å². The van der Waals surface area contributed by atoms with E-state index < -0.39 is 18.2 Å². The van der Waals surface area contributed by atoms with Gasteiger partial charge in [-0.15, -0.1) is 0 Å². The van der Waals surface area contributed by atoms with Crippen LogP contribution in [0.3, 0.4) is 0 Å². The molecule has 0 bridgehead atoms. The van der Waals surface area contributed by atoms with Gasteiger partial charge < -0.3 is 26.0 Å². The summed E-state index contributed by atoms with van der Waals surface area (Å²) in [5.74, 6) is -0.594. The van der Waals surface area contributed by atoms with E-state index in [1.54, 1.807) is 0 Å². The second-order valence-electron chi connectivity index (χ2n) is 8.12. The van der Waals surface area contributed by atoms with Crippen LogP contribution in [0.1, 0.15) is 31.4 Å². The van der Waals surface area contributed by atoms with Crippen molar-refractivity contribution < 1.29 is 14.7 Å². The van der Waals surface area contributed by atoms with E-state index in [-0.39, 0.29) is 30.7 Å². The van der Waals surface area contributed by atoms with Crippen molar-refractivity contribution in [2.75, 3.05) is 6.54 Å². The number of aromatic nitrogens is 1. The summed E-state index contributed by atoms with van der Waals surface area (Å²) in [5.41, 5.74) is 10.3. The number of aryl methyl sites for hydroxylation is 1. The Morgan fingerprint density at radius 1 is 1.28 bits per heavy atom. The van der Waals surface area contributed by atoms with E-state index in [2.05, 4.69) is 10.3 Å². The number of likely N-dealkylation sites (tertiary alicyclic amines) is 1. The molecule has 0 unspecified atom stereocenters. The van der Waals surface area contributed by atoms with Crippen molar-refractivity contribution in [2.24, 2.45) is 11.7 Å². The summed E-state index contributed by atoms with van der Waals surface area (Å²) in [7, 11) is 0. The van der Waals surface area contributed by atoms with E-state index in [1.807, 2.05) is 57.3 Å². The Hall–Kier alpha value is -2.64. The molecule has 1 saturated heterocycles. The standard InChI is InChI=1S/C22H30N4O3/c1-13(2)19(23)22(29)26-12-17(27)10-18(26)21(28)25-11-15-4-6-16(7-5-15)20-14(3)8-9-24-20/h4-9,13,17-19,24,27H,10-12,23H2,1-3H3,(H,25,28)/t17-,18+,19+/m1/s1. The van der Waals surface area contributed by atoms with Gasteiger partial charge in [0.1, 0.15) is 6.04 Å². The van der Waals surface area contributed by atoms with E-state index in [0.29, 0.717) is 6.54 Å². The Kier molecular flexibility index (Phi) is 6.39. The minimum Gasteiger partial charge on any atom is -0.391 e. The topological polar surface area (TPSA) is 111 Å². The highest BCUT2D eigenvalue weighted by molar-refractivity contribution is 5.90. The normalized spacial score (nSPS) is 20.1. The molecule has 2 aromatic rings. The van der Waals surface area contributed by atoms with Crippen LogP contribution >= 0.6 is 0 Å². The van der Waals surface area contributed by atoms with Crippen molar-refractivity contribution in [3.63, 3.8) is 0 Å². The van der Waals surface area contributed by atoms with Crippen LogP contribution in [0.25, 0.3) is 11.3 Å². The molecule has 7 heteroatoms. The molecule has 156 valence electrons. The number of aromatic amines is 1. The third-order valence-corrected chi connectivity index (χ3v) is 5.53. The number of aliphatic hydroxyl groups excluding tert-OH is 1. The smallest absolute Gasteiger partial charge is 0.243 e. The van der Waals surface area contributed by atoms with Crippen LogP contribution in [0.2, 0.25) is 0 Å². The maximum atomic E-state index is 12.7. The Morgan fingerprint density at radius 3 is 2.55 bits per heavy atom. The highest BCUT2D eigenvalue weighted by Gasteiger charge is 2.40. The number of aliphatic hydroxyl groups is 1. The van der Waals surface area contributed by atoms with Gasteiger partial charge in [-0.25, -0.2) is 0 Å². The van der Waals surface area contributed by atoms with Crippen molar-refractivity contribution >= 4 is 11.8 Å². The second-order valence-corrected chi connectivity index (χ2v) is 8.12. The fourth-order valence-corrected chi connectivity index (χ4v) is 3.64. The van der Waals surface area contributed by atoms with E-state index in [1.165, 1.54) is 10.5 Å². The van der Waals surface area contributed by atoms with Crippen LogP contribution < -0.4 is 11.1 Å². The maximum absolute atomic E-state index is 12.7. The zero-order chi connectivity index (χ0) is 21.1. The lowest BCUT2D eigenvalue weighted by Gasteiger charge is -2.27. The Bertz CT molecular complexity index is 859. The lowest BCUT2D eigenvalue weighted by molar-refractivity contribution is -0.140. The molecule has 29 heavy (non-hydrogen) atoms. The molecule has 2 heterocycles. The first-order valence-electron chi connectivity index (χ1n) is 10.0. The molecular formula is C22H30N4O3. The quantitative estimate of drug-likeness (QED) is 0.591. The first-order chi connectivity index (χ1) is 13.8. The zero-order valence-corrected chi connectivity index (χ0v) is 17.2. The number of amides is 2. The summed E-state index contributed by atoms with van der Waals surface area (Å²) >= 11 is 0. The van der Waals surface area contributed by atoms with Gasteiger partial charge in [-0.05, 0) is 35.6 Å². The highest BCUT2D eigenvalue weighted by Crippen LogP contribution is 2.22. The third-order valence-electron chi connectivity index (χ3n) is 5.53. The van der Waals surface area contributed by atoms with Crippen molar-refractivity contribution in [2.45, 2.75) is 51.9 Å². The van der Waals surface area contributed by atoms with Crippen LogP contribution in [-0.4, -0.2) is 51.5 Å². The molecule has 1 aliphatic rings. The van der Waals surface area contributed by atoms with Crippen LogP contribution in [0.15, 0.2) is 36.5 Å². The molecule has 1 aromatic heterocycles. The number of rotatable bonds is 6. The van der Waals surface area contributed by atoms with Crippen molar-refractivity contribution in [1.29, 1.82) is 0 Å². The molecule has 7 nitrogen and oxygen atoms in total. The maximum Gasteiger partial charge on any atom is 0.243 e. The lowest BCUT2D eigenvalue weighted by Crippen LogP contribution is -2.52. The van der Waals surface area contributed by atoms with Gasteiger partial charge in [0.05, 0.1) is 12.1 Å². The molecule has 0 saturated carbocycles. The van der Waals surface area contributed by atoms with Crippen LogP contribution in [-0.2, 0) is 16.1 Å². The molecule has 2 amide bonds. The summed E-state index contributed by atoms with van der Waals surface area (Å²) < 4.78 is 0. The highest BCUT2D eigenvalue weighted by atomic mass is 16.3. The number of nitrogens with zero attached hydrogens (tertiary/aromatic N) is 1. The van der Waals surface area contributed by atoms with Gasteiger partial charge in [0.15, 0.2) is 0 Å². The fourth-order valence-electron chi connectivity index (χ4n) is 3.64. The van der Waals surface area contributed by atoms with E-state index in [4.69, 9.17) is 5.73 Å². The summed E-state index contributed by atoms with van der Waals surface area (Å²) in [6, 6.07) is 8.61. The fraction of sp³-hybridized carbons (Fsp3) is 0.455. The first-order valence-corrected chi connectivity index (χ1v) is 10.0. The number of hydrogen-bond donors (Lipinski definition) is 4. The Morgan fingerprint density at radius 2 is 1.97 bits per heavy atom. The molecule has 0 aliphatic carbocycles. The number of nitrogens with one attached hydrogen (secondary N) is 2. The number of nitrogens with two attached hydrogens (primary N) is 1. The molecule has 1 aromatic carbocycles. The molecule has 0 radical (unpaired) electrons. The molecule has 3 atom stereocenters. The van der Waals surface area contributed by atoms with Gasteiger partial charge in [-0.3, -0.25) is 9.59 Å². The number of H-pyrrole nitrogens is 1. The SMILES string of the molecule is Cc1cc[nH]c1-c1ccc(CNC(=O)[C@@H]2C[C@@H](O)CN2C(=O)[C@@H](N)C(C)C)cc1. The van der Waals surface area contributed by atoms with E-state index >= 15 is 0 Å². The minimum absolute atomic E-state index is 0.0363. The van der Waals surface area contributed by atoms with Gasteiger partial charge in [0, 0.05) is 31.4 Å². The first kappa shape index (κ1) is 21.1. The molecular weight excluding hydrogens is 368 g/mol. The summed E-state index contributed by atoms with van der Waals surface area (Å²) in [5, 5.41) is 12.9. The number of carbonyl (C=O) groups excluding carboxylic acids is 2. The monoisotopic (exact) mass is 398 g/mol. The Balaban J connectivity index is 1.62. The zero-order valence-electron chi connectivity index (χ0n) is 17.2. The molecule has 1 fully saturated rings. The largest absolute Gasteiger partial charge is 0.391 e. The predicted octanol–water partition coefficient (Wildman–Crippen LogP) is 1.55. The van der Waals surface area contributed by atoms with Gasteiger partial charge in [0.2, 0.25) is 11.8 Å². The number of carbonyl (C=O) groups is 2. The minimum atomic E-state index is -0.711. The lowest BCUT2D eigenvalue weighted by atomic mass is 10.0. The van der Waals surface area contributed by atoms with Gasteiger partial charge >= 0.3 is 0 Å². The van der Waals surface area contributed by atoms with Gasteiger partial charge in [0.25, 0.3) is 0 Å². The molecule has 3 rings (SSSR count). The number of β-amino-alcohol motifs (C(OH)–C–C–N with tert-alkyl or cyclic N) is 1. The Labute approximate surface area is 171 Å². The average Bonchev–Trinajstić information content (AvgIpc) is 3.30. The second kappa shape index (κ2) is 8.80. The van der Waals surface area contributed by atoms with Crippen molar-refractivity contribution in [3.8, 4) is 11.3 Å². The van der Waals surface area contributed by atoms with Crippen molar-refractivity contribution in [1.82, 2.24) is 15.2 Å². The molecule has 5 N–H and O–H groups in total. The third kappa shape index (κ3) is 4.68. The molecule has 1 aliphatic heterocycles. The number of hydrogen-bond acceptors (Lipinski definition) is 4. The van der Waals surface area contributed by atoms with Gasteiger partial charge in [-0.2, -0.15) is 0 Å². The van der Waals surface area contributed by atoms with Crippen LogP contribution in [0.4, 0.5) is 0 Å². The van der Waals surface area contributed by atoms with Crippen LogP contribution in [0, 0.1) is 12.8 Å². The van der Waals surface area contributed by atoms with E-state index in [0.717, 1.165) is 16.8 Å². The predicted molar refractivity (Wildman–Crippen MR) is 112 cm³/mol. The van der Waals surface area contributed by atoms with Crippen molar-refractivity contribution in [3.05, 3.63) is 47.7 Å². The molecule has 0 spiro atoms. The summed E-state index contributed by atoms with van der Waals surface area (Å²) in [6.07, 6.45) is 1.43. The number of benzene rings is 1. The van der Waals surface area contributed by atoms with E-state index in [9.17, 15) is 14.7 Å². The van der Waals surface area contributed by atoms with Crippen LogP contribution in [0.5, 0.6) is 0 Å². The average molecular weight is 399 g/mol. The summed E-state index contributed by atoms with van der Waals surface area (Å²) in [6.45, 7) is 6.27. The summed E-state index contributed by atoms with van der Waals surface area (Å²) in [4.78, 5) is 30.0.